The van der Waals surface area contributed by atoms with Gasteiger partial charge in [0.05, 0.1) is 26.5 Å². The van der Waals surface area contributed by atoms with E-state index in [1.165, 1.54) is 14.2 Å². The number of aryl methyl sites for hydroxylation is 1. The molecule has 33 heavy (non-hydrogen) atoms. The van der Waals surface area contributed by atoms with E-state index in [1.807, 2.05) is 42.5 Å². The molecule has 0 saturated heterocycles. The number of methoxy groups -OCH3 is 2. The first-order valence-electron chi connectivity index (χ1n) is 10.5. The predicted molar refractivity (Wildman–Crippen MR) is 134 cm³/mol. The fraction of sp³-hybridized carbons (Fsp3) is 0.250. The van der Waals surface area contributed by atoms with Crippen LogP contribution in [0.1, 0.15) is 30.9 Å². The standard InChI is InChI=1S/C24H27N5O3S/c1-4-5-10-17-11-9-14-20(32-23-27-21(30-2)15-22(28-23)31-3)19(17)16-25-29-24(33)26-18-12-7-6-8-13-18/h6-9,11-16H,4-5,10H2,1-3H3,(H2,26,29,33). The molecule has 2 aromatic carbocycles. The van der Waals surface area contributed by atoms with E-state index in [9.17, 15) is 0 Å². The van der Waals surface area contributed by atoms with E-state index in [-0.39, 0.29) is 6.01 Å². The molecule has 0 atom stereocenters. The first-order chi connectivity index (χ1) is 16.1. The molecule has 172 valence electrons. The van der Waals surface area contributed by atoms with Crippen molar-refractivity contribution in [1.82, 2.24) is 15.4 Å². The van der Waals surface area contributed by atoms with Gasteiger partial charge in [-0.2, -0.15) is 15.1 Å². The number of anilines is 1. The number of hydrazone groups is 1. The van der Waals surface area contributed by atoms with Crippen LogP contribution in [0.2, 0.25) is 0 Å². The van der Waals surface area contributed by atoms with Crippen LogP contribution in [0.15, 0.2) is 59.7 Å². The lowest BCUT2D eigenvalue weighted by molar-refractivity contribution is 0.348. The summed E-state index contributed by atoms with van der Waals surface area (Å²) in [4.78, 5) is 8.51. The van der Waals surface area contributed by atoms with Gasteiger partial charge in [0.1, 0.15) is 5.75 Å². The number of aromatic nitrogens is 2. The third-order valence-corrected chi connectivity index (χ3v) is 4.82. The Balaban J connectivity index is 1.82. The fourth-order valence-electron chi connectivity index (χ4n) is 2.98. The number of nitrogens with zero attached hydrogens (tertiary/aromatic N) is 3. The van der Waals surface area contributed by atoms with Crippen molar-refractivity contribution in [3.05, 3.63) is 65.7 Å². The Morgan fingerprint density at radius 2 is 1.76 bits per heavy atom. The van der Waals surface area contributed by atoms with Crippen LogP contribution in [0.25, 0.3) is 0 Å². The third-order valence-electron chi connectivity index (χ3n) is 4.63. The van der Waals surface area contributed by atoms with Gasteiger partial charge in [-0.1, -0.05) is 43.7 Å². The molecule has 0 unspecified atom stereocenters. The van der Waals surface area contributed by atoms with Crippen LogP contribution in [0.3, 0.4) is 0 Å². The molecule has 0 amide bonds. The summed E-state index contributed by atoms with van der Waals surface area (Å²) in [7, 11) is 3.04. The van der Waals surface area contributed by atoms with Crippen molar-refractivity contribution in [3.63, 3.8) is 0 Å². The molecule has 0 radical (unpaired) electrons. The molecule has 1 aromatic heterocycles. The molecule has 2 N–H and O–H groups in total. The van der Waals surface area contributed by atoms with Crippen molar-refractivity contribution in [2.24, 2.45) is 5.10 Å². The summed E-state index contributed by atoms with van der Waals surface area (Å²) in [5, 5.41) is 7.79. The highest BCUT2D eigenvalue weighted by Crippen LogP contribution is 2.28. The van der Waals surface area contributed by atoms with E-state index in [4.69, 9.17) is 26.4 Å². The first-order valence-corrected chi connectivity index (χ1v) is 11.0. The van der Waals surface area contributed by atoms with Gasteiger partial charge in [-0.15, -0.1) is 0 Å². The maximum atomic E-state index is 6.02. The van der Waals surface area contributed by atoms with Gasteiger partial charge in [0.2, 0.25) is 11.8 Å². The van der Waals surface area contributed by atoms with Gasteiger partial charge in [0.15, 0.2) is 5.11 Å². The second-order valence-electron chi connectivity index (χ2n) is 6.96. The molecule has 9 heteroatoms. The molecule has 0 saturated carbocycles. The van der Waals surface area contributed by atoms with Gasteiger partial charge in [-0.05, 0) is 48.8 Å². The van der Waals surface area contributed by atoms with Crippen molar-refractivity contribution in [2.45, 2.75) is 26.2 Å². The van der Waals surface area contributed by atoms with E-state index < -0.39 is 0 Å². The van der Waals surface area contributed by atoms with Crippen LogP contribution in [0.5, 0.6) is 23.5 Å². The number of nitrogens with one attached hydrogen (secondary N) is 2. The van der Waals surface area contributed by atoms with Gasteiger partial charge in [0, 0.05) is 11.3 Å². The number of rotatable bonds is 10. The number of thiocarbonyl (C=S) groups is 1. The quantitative estimate of drug-likeness (QED) is 0.247. The fourth-order valence-corrected chi connectivity index (χ4v) is 3.15. The molecule has 0 aliphatic heterocycles. The van der Waals surface area contributed by atoms with Gasteiger partial charge < -0.3 is 19.5 Å². The summed E-state index contributed by atoms with van der Waals surface area (Å²) in [6.07, 6.45) is 4.68. The normalized spacial score (nSPS) is 10.6. The van der Waals surface area contributed by atoms with Gasteiger partial charge in [0.25, 0.3) is 0 Å². The van der Waals surface area contributed by atoms with Crippen LogP contribution in [-0.4, -0.2) is 35.5 Å². The Bertz CT molecular complexity index is 1070. The zero-order chi connectivity index (χ0) is 23.5. The van der Waals surface area contributed by atoms with Crippen molar-refractivity contribution in [3.8, 4) is 23.5 Å². The molecular weight excluding hydrogens is 438 g/mol. The summed E-state index contributed by atoms with van der Waals surface area (Å²) >= 11 is 5.33. The minimum atomic E-state index is 0.114. The smallest absolute Gasteiger partial charge is 0.328 e. The number of benzene rings is 2. The maximum Gasteiger partial charge on any atom is 0.328 e. The number of unbranched alkanes of at least 4 members (excludes halogenated alkanes) is 1. The monoisotopic (exact) mass is 465 g/mol. The SMILES string of the molecule is CCCCc1cccc(Oc2nc(OC)cc(OC)n2)c1C=NNC(=S)Nc1ccccc1. The highest BCUT2D eigenvalue weighted by atomic mass is 32.1. The van der Waals surface area contributed by atoms with Crippen LogP contribution < -0.4 is 25.0 Å². The van der Waals surface area contributed by atoms with Crippen molar-refractivity contribution >= 4 is 29.2 Å². The summed E-state index contributed by atoms with van der Waals surface area (Å²) in [6.45, 7) is 2.15. The van der Waals surface area contributed by atoms with Crippen LogP contribution in [-0.2, 0) is 6.42 Å². The lowest BCUT2D eigenvalue weighted by Gasteiger charge is -2.13. The average molecular weight is 466 g/mol. The molecule has 1 heterocycles. The second kappa shape index (κ2) is 12.4. The molecule has 3 aromatic rings. The number of para-hydroxylation sites is 1. The van der Waals surface area contributed by atoms with Crippen molar-refractivity contribution in [1.29, 1.82) is 0 Å². The van der Waals surface area contributed by atoms with E-state index in [0.717, 1.165) is 36.1 Å². The van der Waals surface area contributed by atoms with Gasteiger partial charge in [-0.25, -0.2) is 0 Å². The molecule has 8 nitrogen and oxygen atoms in total. The Morgan fingerprint density at radius 1 is 1.03 bits per heavy atom. The predicted octanol–water partition coefficient (Wildman–Crippen LogP) is 4.95. The van der Waals surface area contributed by atoms with Gasteiger partial charge >= 0.3 is 6.01 Å². The topological polar surface area (TPSA) is 89.9 Å². The Labute approximate surface area is 199 Å². The highest BCUT2D eigenvalue weighted by molar-refractivity contribution is 7.80. The van der Waals surface area contributed by atoms with E-state index in [0.29, 0.717) is 22.6 Å². The lowest BCUT2D eigenvalue weighted by Crippen LogP contribution is -2.23. The highest BCUT2D eigenvalue weighted by Gasteiger charge is 2.13. The molecule has 0 spiro atoms. The minimum absolute atomic E-state index is 0.114. The second-order valence-corrected chi connectivity index (χ2v) is 7.37. The molecule has 0 aliphatic carbocycles. The Hall–Kier alpha value is -3.72. The summed E-state index contributed by atoms with van der Waals surface area (Å²) < 4.78 is 16.4. The number of ether oxygens (including phenoxy) is 3. The van der Waals surface area contributed by atoms with Crippen molar-refractivity contribution < 1.29 is 14.2 Å². The molecular formula is C24H27N5O3S. The van der Waals surface area contributed by atoms with Crippen LogP contribution >= 0.6 is 12.2 Å². The zero-order valence-electron chi connectivity index (χ0n) is 18.9. The van der Waals surface area contributed by atoms with Crippen molar-refractivity contribution in [2.75, 3.05) is 19.5 Å². The Kier molecular flexibility index (Phi) is 8.96. The van der Waals surface area contributed by atoms with Gasteiger partial charge in [-0.3, -0.25) is 5.43 Å². The van der Waals surface area contributed by atoms with E-state index in [2.05, 4.69) is 38.8 Å². The first kappa shape index (κ1) is 23.9. The number of hydrogen-bond donors (Lipinski definition) is 2. The molecule has 0 bridgehead atoms. The van der Waals surface area contributed by atoms with E-state index >= 15 is 0 Å². The molecule has 3 rings (SSSR count). The largest absolute Gasteiger partial charge is 0.481 e. The molecule has 0 fully saturated rings. The minimum Gasteiger partial charge on any atom is -0.481 e. The zero-order valence-corrected chi connectivity index (χ0v) is 19.7. The van der Waals surface area contributed by atoms with Crippen LogP contribution in [0, 0.1) is 0 Å². The lowest BCUT2D eigenvalue weighted by atomic mass is 10.0. The molecule has 0 aliphatic rings. The van der Waals surface area contributed by atoms with E-state index in [1.54, 1.807) is 12.3 Å². The number of hydrogen-bond acceptors (Lipinski definition) is 7. The average Bonchev–Trinajstić information content (AvgIpc) is 2.84. The summed E-state index contributed by atoms with van der Waals surface area (Å²) in [5.74, 6) is 1.24. The van der Waals surface area contributed by atoms with Crippen LogP contribution in [0.4, 0.5) is 5.69 Å². The maximum absolute atomic E-state index is 6.02. The summed E-state index contributed by atoms with van der Waals surface area (Å²) in [6, 6.07) is 17.2. The summed E-state index contributed by atoms with van der Waals surface area (Å²) in [5.41, 5.74) is 5.64. The third kappa shape index (κ3) is 7.15. The Morgan fingerprint density at radius 3 is 2.42 bits per heavy atom.